The SMILES string of the molecule is CC(C)(C)OCCOCCC(=O)CCCc1ccc(S(N)(=O)=O)cc1. The summed E-state index contributed by atoms with van der Waals surface area (Å²) in [6.45, 7) is 7.37. The Morgan fingerprint density at radius 2 is 1.68 bits per heavy atom. The molecule has 0 fully saturated rings. The third-order valence-corrected chi connectivity index (χ3v) is 4.39. The van der Waals surface area contributed by atoms with Crippen molar-refractivity contribution in [2.75, 3.05) is 19.8 Å². The third-order valence-electron chi connectivity index (χ3n) is 3.46. The molecule has 0 heterocycles. The van der Waals surface area contributed by atoms with Crippen LogP contribution in [0.2, 0.25) is 0 Å². The standard InChI is InChI=1S/C18H29NO5S/c1-18(2,3)24-14-13-23-12-11-16(20)6-4-5-15-7-9-17(10-8-15)25(19,21)22/h7-10H,4-6,11-14H2,1-3H3,(H2,19,21,22). The largest absolute Gasteiger partial charge is 0.379 e. The Labute approximate surface area is 150 Å². The Morgan fingerprint density at radius 3 is 2.24 bits per heavy atom. The summed E-state index contributed by atoms with van der Waals surface area (Å²) in [6, 6.07) is 6.42. The Morgan fingerprint density at radius 1 is 1.04 bits per heavy atom. The number of primary sulfonamides is 1. The summed E-state index contributed by atoms with van der Waals surface area (Å²) in [5.41, 5.74) is 0.807. The second-order valence-corrected chi connectivity index (χ2v) is 8.47. The molecule has 0 unspecified atom stereocenters. The topological polar surface area (TPSA) is 95.7 Å². The summed E-state index contributed by atoms with van der Waals surface area (Å²) >= 11 is 0. The van der Waals surface area contributed by atoms with Gasteiger partial charge < -0.3 is 9.47 Å². The van der Waals surface area contributed by atoms with Crippen LogP contribution in [0.4, 0.5) is 0 Å². The highest BCUT2D eigenvalue weighted by Crippen LogP contribution is 2.11. The third kappa shape index (κ3) is 10.3. The van der Waals surface area contributed by atoms with Gasteiger partial charge >= 0.3 is 0 Å². The number of hydrogen-bond donors (Lipinski definition) is 1. The maximum atomic E-state index is 11.8. The number of benzene rings is 1. The lowest BCUT2D eigenvalue weighted by Gasteiger charge is -2.19. The van der Waals surface area contributed by atoms with Gasteiger partial charge in [-0.2, -0.15) is 0 Å². The van der Waals surface area contributed by atoms with Crippen LogP contribution in [0, 0.1) is 0 Å². The normalized spacial score (nSPS) is 12.3. The average molecular weight is 371 g/mol. The molecule has 25 heavy (non-hydrogen) atoms. The van der Waals surface area contributed by atoms with Gasteiger partial charge in [0.15, 0.2) is 0 Å². The fraction of sp³-hybridized carbons (Fsp3) is 0.611. The summed E-state index contributed by atoms with van der Waals surface area (Å²) in [5.74, 6) is 0.165. The van der Waals surface area contributed by atoms with Crippen molar-refractivity contribution in [3.05, 3.63) is 29.8 Å². The maximum absolute atomic E-state index is 11.8. The van der Waals surface area contributed by atoms with Crippen LogP contribution >= 0.6 is 0 Å². The molecule has 1 aromatic carbocycles. The molecule has 0 spiro atoms. The maximum Gasteiger partial charge on any atom is 0.238 e. The Bertz CT molecular complexity index is 632. The monoisotopic (exact) mass is 371 g/mol. The lowest BCUT2D eigenvalue weighted by molar-refractivity contribution is -0.120. The quantitative estimate of drug-likeness (QED) is 0.603. The van der Waals surface area contributed by atoms with Crippen molar-refractivity contribution in [1.82, 2.24) is 0 Å². The molecule has 7 heteroatoms. The summed E-state index contributed by atoms with van der Waals surface area (Å²) < 4.78 is 33.3. The number of carbonyl (C=O) groups excluding carboxylic acids is 1. The van der Waals surface area contributed by atoms with Gasteiger partial charge in [0.2, 0.25) is 10.0 Å². The molecule has 0 atom stereocenters. The Kier molecular flexibility index (Phi) is 8.71. The van der Waals surface area contributed by atoms with E-state index in [0.717, 1.165) is 18.4 Å². The zero-order valence-corrected chi connectivity index (χ0v) is 16.1. The number of nitrogens with two attached hydrogens (primary N) is 1. The van der Waals surface area contributed by atoms with Crippen LogP contribution in [0.3, 0.4) is 0 Å². The zero-order chi connectivity index (χ0) is 18.9. The Hall–Kier alpha value is -1.28. The number of sulfonamides is 1. The molecule has 0 saturated heterocycles. The van der Waals surface area contributed by atoms with E-state index in [9.17, 15) is 13.2 Å². The zero-order valence-electron chi connectivity index (χ0n) is 15.3. The van der Waals surface area contributed by atoms with Crippen LogP contribution in [0.5, 0.6) is 0 Å². The number of Topliss-reactive ketones (excluding diaryl/α,β-unsaturated/α-hetero) is 1. The minimum Gasteiger partial charge on any atom is -0.379 e. The van der Waals surface area contributed by atoms with Gasteiger partial charge in [-0.25, -0.2) is 13.6 Å². The van der Waals surface area contributed by atoms with Crippen molar-refractivity contribution < 1.29 is 22.7 Å². The predicted molar refractivity (Wildman–Crippen MR) is 96.9 cm³/mol. The molecule has 0 aliphatic carbocycles. The van der Waals surface area contributed by atoms with Crippen molar-refractivity contribution in [2.24, 2.45) is 5.14 Å². The minimum atomic E-state index is -3.66. The van der Waals surface area contributed by atoms with E-state index in [0.29, 0.717) is 32.7 Å². The number of rotatable bonds is 11. The van der Waals surface area contributed by atoms with E-state index in [-0.39, 0.29) is 16.3 Å². The fourth-order valence-corrected chi connectivity index (χ4v) is 2.67. The van der Waals surface area contributed by atoms with Gasteiger partial charge in [0.1, 0.15) is 5.78 Å². The van der Waals surface area contributed by atoms with Crippen molar-refractivity contribution in [3.63, 3.8) is 0 Å². The van der Waals surface area contributed by atoms with Crippen LogP contribution in [-0.2, 0) is 30.7 Å². The summed E-state index contributed by atoms with van der Waals surface area (Å²) in [7, 11) is -3.66. The second kappa shape index (κ2) is 10.0. The lowest BCUT2D eigenvalue weighted by atomic mass is 10.1. The van der Waals surface area contributed by atoms with Crippen molar-refractivity contribution in [2.45, 2.75) is 57.0 Å². The number of carbonyl (C=O) groups is 1. The molecule has 0 aliphatic heterocycles. The fourth-order valence-electron chi connectivity index (χ4n) is 2.16. The molecule has 142 valence electrons. The van der Waals surface area contributed by atoms with Crippen LogP contribution in [0.25, 0.3) is 0 Å². The molecule has 0 bridgehead atoms. The number of hydrogen-bond acceptors (Lipinski definition) is 5. The highest BCUT2D eigenvalue weighted by Gasteiger charge is 2.09. The first kappa shape index (κ1) is 21.8. The van der Waals surface area contributed by atoms with Gasteiger partial charge in [-0.1, -0.05) is 12.1 Å². The molecular weight excluding hydrogens is 342 g/mol. The van der Waals surface area contributed by atoms with Crippen LogP contribution < -0.4 is 5.14 Å². The molecular formula is C18H29NO5S. The minimum absolute atomic E-state index is 0.0971. The molecule has 0 radical (unpaired) electrons. The van der Waals surface area contributed by atoms with E-state index in [1.165, 1.54) is 12.1 Å². The Balaban J connectivity index is 2.14. The number of ketones is 1. The second-order valence-electron chi connectivity index (χ2n) is 6.90. The molecule has 6 nitrogen and oxygen atoms in total. The molecule has 1 rings (SSSR count). The molecule has 2 N–H and O–H groups in total. The van der Waals surface area contributed by atoms with E-state index in [1.54, 1.807) is 12.1 Å². The van der Waals surface area contributed by atoms with E-state index >= 15 is 0 Å². The van der Waals surface area contributed by atoms with E-state index in [4.69, 9.17) is 14.6 Å². The number of aryl methyl sites for hydroxylation is 1. The van der Waals surface area contributed by atoms with Crippen LogP contribution in [-0.4, -0.2) is 39.6 Å². The highest BCUT2D eigenvalue weighted by atomic mass is 32.2. The summed E-state index contributed by atoms with van der Waals surface area (Å²) in [4.78, 5) is 11.9. The van der Waals surface area contributed by atoms with Crippen LogP contribution in [0.1, 0.15) is 45.6 Å². The smallest absolute Gasteiger partial charge is 0.238 e. The first-order chi connectivity index (χ1) is 11.6. The summed E-state index contributed by atoms with van der Waals surface area (Å²) in [5, 5.41) is 5.05. The summed E-state index contributed by atoms with van der Waals surface area (Å²) in [6.07, 6.45) is 2.33. The van der Waals surface area contributed by atoms with Gasteiger partial charge in [0, 0.05) is 12.8 Å². The lowest BCUT2D eigenvalue weighted by Crippen LogP contribution is -2.22. The van der Waals surface area contributed by atoms with Crippen LogP contribution in [0.15, 0.2) is 29.2 Å². The molecule has 0 amide bonds. The molecule has 0 saturated carbocycles. The van der Waals surface area contributed by atoms with Gasteiger partial charge in [0.05, 0.1) is 30.3 Å². The molecule has 0 aliphatic rings. The predicted octanol–water partition coefficient (Wildman–Crippen LogP) is 2.45. The van der Waals surface area contributed by atoms with Crippen molar-refractivity contribution in [3.8, 4) is 0 Å². The van der Waals surface area contributed by atoms with Crippen molar-refractivity contribution >= 4 is 15.8 Å². The van der Waals surface area contributed by atoms with Gasteiger partial charge in [0.25, 0.3) is 0 Å². The first-order valence-corrected chi connectivity index (χ1v) is 9.98. The van der Waals surface area contributed by atoms with Gasteiger partial charge in [-0.15, -0.1) is 0 Å². The average Bonchev–Trinajstić information content (AvgIpc) is 2.49. The van der Waals surface area contributed by atoms with Gasteiger partial charge in [-0.05, 0) is 51.3 Å². The first-order valence-electron chi connectivity index (χ1n) is 8.43. The highest BCUT2D eigenvalue weighted by molar-refractivity contribution is 7.89. The van der Waals surface area contributed by atoms with Crippen molar-refractivity contribution in [1.29, 1.82) is 0 Å². The molecule has 1 aromatic rings. The van der Waals surface area contributed by atoms with E-state index < -0.39 is 10.0 Å². The molecule has 0 aromatic heterocycles. The van der Waals surface area contributed by atoms with E-state index in [2.05, 4.69) is 0 Å². The number of ether oxygens (including phenoxy) is 2. The van der Waals surface area contributed by atoms with Gasteiger partial charge in [-0.3, -0.25) is 4.79 Å². The van der Waals surface area contributed by atoms with E-state index in [1.807, 2.05) is 20.8 Å².